The van der Waals surface area contributed by atoms with Crippen LogP contribution in [-0.2, 0) is 0 Å². The lowest BCUT2D eigenvalue weighted by atomic mass is 10.00. The van der Waals surface area contributed by atoms with E-state index in [1.165, 1.54) is 31.2 Å². The minimum absolute atomic E-state index is 0.816. The van der Waals surface area contributed by atoms with Crippen molar-refractivity contribution in [3.05, 3.63) is 36.4 Å². The first-order valence-electron chi connectivity index (χ1n) is 9.24. The zero-order valence-electron chi connectivity index (χ0n) is 14.5. The summed E-state index contributed by atoms with van der Waals surface area (Å²) in [6.07, 6.45) is 5.00. The maximum atomic E-state index is 4.93. The largest absolute Gasteiger partial charge is 0.356 e. The molecule has 24 heavy (non-hydrogen) atoms. The van der Waals surface area contributed by atoms with Crippen LogP contribution in [0.25, 0.3) is 11.3 Å². The quantitative estimate of drug-likeness (QED) is 0.855. The van der Waals surface area contributed by atoms with Crippen LogP contribution in [0.2, 0.25) is 0 Å². The van der Waals surface area contributed by atoms with Gasteiger partial charge in [-0.25, -0.2) is 4.98 Å². The number of piperidine rings is 1. The first-order chi connectivity index (χ1) is 11.8. The fourth-order valence-electron chi connectivity index (χ4n) is 3.64. The van der Waals surface area contributed by atoms with Crippen molar-refractivity contribution >= 4 is 11.8 Å². The molecular weight excluding hydrogens is 296 g/mol. The SMILES string of the molecule is CC1CCN(c2nc(-c3ccccc3)cc(N3CCCC3)n2)CC1. The summed E-state index contributed by atoms with van der Waals surface area (Å²) in [6, 6.07) is 12.6. The average molecular weight is 322 g/mol. The van der Waals surface area contributed by atoms with E-state index < -0.39 is 0 Å². The number of rotatable bonds is 3. The Bertz CT molecular complexity index is 671. The summed E-state index contributed by atoms with van der Waals surface area (Å²) < 4.78 is 0. The second-order valence-electron chi connectivity index (χ2n) is 7.14. The number of hydrogen-bond acceptors (Lipinski definition) is 4. The summed E-state index contributed by atoms with van der Waals surface area (Å²) in [5.41, 5.74) is 2.22. The van der Waals surface area contributed by atoms with Gasteiger partial charge in [-0.2, -0.15) is 4.98 Å². The van der Waals surface area contributed by atoms with Gasteiger partial charge in [-0.05, 0) is 31.6 Å². The normalized spacial score (nSPS) is 19.0. The van der Waals surface area contributed by atoms with Gasteiger partial charge in [0.15, 0.2) is 0 Å². The second-order valence-corrected chi connectivity index (χ2v) is 7.14. The number of anilines is 2. The third-order valence-corrected chi connectivity index (χ3v) is 5.27. The molecule has 2 fully saturated rings. The fraction of sp³-hybridized carbons (Fsp3) is 0.500. The molecule has 4 heteroatoms. The summed E-state index contributed by atoms with van der Waals surface area (Å²) >= 11 is 0. The van der Waals surface area contributed by atoms with Crippen molar-refractivity contribution in [3.8, 4) is 11.3 Å². The Kier molecular flexibility index (Phi) is 4.37. The zero-order valence-corrected chi connectivity index (χ0v) is 14.5. The predicted molar refractivity (Wildman–Crippen MR) is 99.5 cm³/mol. The highest BCUT2D eigenvalue weighted by molar-refractivity contribution is 5.65. The standard InChI is InChI=1S/C20H26N4/c1-16-9-13-24(14-10-16)20-21-18(17-7-3-2-4-8-17)15-19(22-20)23-11-5-6-12-23/h2-4,7-8,15-16H,5-6,9-14H2,1H3. The Morgan fingerprint density at radius 2 is 1.58 bits per heavy atom. The topological polar surface area (TPSA) is 32.3 Å². The van der Waals surface area contributed by atoms with Gasteiger partial charge in [-0.1, -0.05) is 37.3 Å². The van der Waals surface area contributed by atoms with E-state index in [1.807, 2.05) is 0 Å². The molecule has 2 aromatic rings. The molecule has 0 N–H and O–H groups in total. The summed E-state index contributed by atoms with van der Waals surface area (Å²) in [5.74, 6) is 2.82. The van der Waals surface area contributed by atoms with Crippen LogP contribution < -0.4 is 9.80 Å². The first-order valence-corrected chi connectivity index (χ1v) is 9.24. The predicted octanol–water partition coefficient (Wildman–Crippen LogP) is 3.98. The maximum absolute atomic E-state index is 4.93. The Morgan fingerprint density at radius 3 is 2.29 bits per heavy atom. The van der Waals surface area contributed by atoms with Crippen molar-refractivity contribution in [2.75, 3.05) is 36.0 Å². The van der Waals surface area contributed by atoms with Crippen LogP contribution in [0.3, 0.4) is 0 Å². The van der Waals surface area contributed by atoms with Crippen molar-refractivity contribution in [1.82, 2.24) is 9.97 Å². The van der Waals surface area contributed by atoms with E-state index in [2.05, 4.69) is 53.1 Å². The smallest absolute Gasteiger partial charge is 0.227 e. The van der Waals surface area contributed by atoms with Gasteiger partial charge in [0.05, 0.1) is 5.69 Å². The van der Waals surface area contributed by atoms with Crippen molar-refractivity contribution < 1.29 is 0 Å². The minimum Gasteiger partial charge on any atom is -0.356 e. The van der Waals surface area contributed by atoms with Crippen LogP contribution in [0, 0.1) is 5.92 Å². The van der Waals surface area contributed by atoms with Crippen LogP contribution in [0.4, 0.5) is 11.8 Å². The molecule has 0 bridgehead atoms. The number of aromatic nitrogens is 2. The molecule has 1 aromatic heterocycles. The Hall–Kier alpha value is -2.10. The monoisotopic (exact) mass is 322 g/mol. The first kappa shape index (κ1) is 15.4. The third-order valence-electron chi connectivity index (χ3n) is 5.27. The van der Waals surface area contributed by atoms with Crippen LogP contribution in [0.15, 0.2) is 36.4 Å². The molecule has 1 aromatic carbocycles. The molecule has 2 saturated heterocycles. The molecule has 0 atom stereocenters. The summed E-state index contributed by atoms with van der Waals surface area (Å²) in [6.45, 7) is 6.70. The van der Waals surface area contributed by atoms with Gasteiger partial charge in [-0.3, -0.25) is 0 Å². The average Bonchev–Trinajstić information content (AvgIpc) is 3.17. The zero-order chi connectivity index (χ0) is 16.4. The molecule has 126 valence electrons. The van der Waals surface area contributed by atoms with Gasteiger partial charge in [-0.15, -0.1) is 0 Å². The van der Waals surface area contributed by atoms with Gasteiger partial charge >= 0.3 is 0 Å². The highest BCUT2D eigenvalue weighted by Gasteiger charge is 2.21. The van der Waals surface area contributed by atoms with Gasteiger partial charge in [0.2, 0.25) is 5.95 Å². The summed E-state index contributed by atoms with van der Waals surface area (Å²) in [5, 5.41) is 0. The number of benzene rings is 1. The maximum Gasteiger partial charge on any atom is 0.227 e. The molecule has 0 amide bonds. The summed E-state index contributed by atoms with van der Waals surface area (Å²) in [4.78, 5) is 14.6. The van der Waals surface area contributed by atoms with Gasteiger partial charge in [0.25, 0.3) is 0 Å². The molecule has 3 heterocycles. The van der Waals surface area contributed by atoms with Crippen molar-refractivity contribution in [2.45, 2.75) is 32.6 Å². The highest BCUT2D eigenvalue weighted by Crippen LogP contribution is 2.28. The Labute approximate surface area is 144 Å². The minimum atomic E-state index is 0.816. The molecule has 0 aliphatic carbocycles. The van der Waals surface area contributed by atoms with Crippen molar-refractivity contribution in [3.63, 3.8) is 0 Å². The van der Waals surface area contributed by atoms with E-state index >= 15 is 0 Å². The molecule has 0 radical (unpaired) electrons. The lowest BCUT2D eigenvalue weighted by Crippen LogP contribution is -2.34. The fourth-order valence-corrected chi connectivity index (χ4v) is 3.64. The third kappa shape index (κ3) is 3.23. The van der Waals surface area contributed by atoms with Crippen LogP contribution >= 0.6 is 0 Å². The lowest BCUT2D eigenvalue weighted by Gasteiger charge is -2.31. The van der Waals surface area contributed by atoms with E-state index in [4.69, 9.17) is 9.97 Å². The number of hydrogen-bond donors (Lipinski definition) is 0. The van der Waals surface area contributed by atoms with Crippen LogP contribution in [-0.4, -0.2) is 36.1 Å². The Balaban J connectivity index is 1.70. The van der Waals surface area contributed by atoms with Crippen molar-refractivity contribution in [1.29, 1.82) is 0 Å². The van der Waals surface area contributed by atoms with Crippen molar-refractivity contribution in [2.24, 2.45) is 5.92 Å². The molecular formula is C20H26N4. The van der Waals surface area contributed by atoms with Gasteiger partial charge in [0.1, 0.15) is 5.82 Å². The van der Waals surface area contributed by atoms with Crippen LogP contribution in [0.1, 0.15) is 32.6 Å². The van der Waals surface area contributed by atoms with Crippen LogP contribution in [0.5, 0.6) is 0 Å². The van der Waals surface area contributed by atoms with E-state index in [-0.39, 0.29) is 0 Å². The molecule has 2 aliphatic rings. The molecule has 0 spiro atoms. The number of nitrogens with zero attached hydrogens (tertiary/aromatic N) is 4. The van der Waals surface area contributed by atoms with E-state index in [1.54, 1.807) is 0 Å². The molecule has 0 unspecified atom stereocenters. The van der Waals surface area contributed by atoms with E-state index in [0.717, 1.165) is 49.6 Å². The van der Waals surface area contributed by atoms with E-state index in [0.29, 0.717) is 0 Å². The highest BCUT2D eigenvalue weighted by atomic mass is 15.3. The van der Waals surface area contributed by atoms with Gasteiger partial charge in [0, 0.05) is 37.8 Å². The van der Waals surface area contributed by atoms with Gasteiger partial charge < -0.3 is 9.80 Å². The second kappa shape index (κ2) is 6.80. The molecule has 0 saturated carbocycles. The summed E-state index contributed by atoms with van der Waals surface area (Å²) in [7, 11) is 0. The molecule has 2 aliphatic heterocycles. The van der Waals surface area contributed by atoms with E-state index in [9.17, 15) is 0 Å². The Morgan fingerprint density at radius 1 is 0.875 bits per heavy atom. The lowest BCUT2D eigenvalue weighted by molar-refractivity contribution is 0.434. The molecule has 4 rings (SSSR count). The molecule has 4 nitrogen and oxygen atoms in total.